The predicted octanol–water partition coefficient (Wildman–Crippen LogP) is 5.58. The molecule has 0 spiro atoms. The highest BCUT2D eigenvalue weighted by molar-refractivity contribution is 8.24. The number of carbonyl (C=O) groups excluding carboxylic acids is 1. The summed E-state index contributed by atoms with van der Waals surface area (Å²) in [7, 11) is -2.57. The molecular formula is C22H25ClFN3O3S. The van der Waals surface area contributed by atoms with Crippen molar-refractivity contribution in [1.29, 1.82) is 0 Å². The minimum Gasteiger partial charge on any atom is -0.340 e. The van der Waals surface area contributed by atoms with Crippen molar-refractivity contribution in [2.24, 2.45) is 0 Å². The maximum atomic E-state index is 13.8. The van der Waals surface area contributed by atoms with Crippen molar-refractivity contribution < 1.29 is 18.3 Å². The van der Waals surface area contributed by atoms with Gasteiger partial charge in [0, 0.05) is 35.6 Å². The molecule has 0 radical (unpaired) electrons. The minimum atomic E-state index is -2.57. The number of fused-ring (bicyclic) bond motifs is 2. The van der Waals surface area contributed by atoms with Crippen LogP contribution in [0.25, 0.3) is 0 Å². The van der Waals surface area contributed by atoms with E-state index in [9.17, 15) is 18.3 Å². The third-order valence-corrected chi connectivity index (χ3v) is 8.61. The van der Waals surface area contributed by atoms with Crippen LogP contribution in [0.3, 0.4) is 0 Å². The van der Waals surface area contributed by atoms with Gasteiger partial charge in [0.1, 0.15) is 11.6 Å². The largest absolute Gasteiger partial charge is 0.340 e. The second-order valence-corrected chi connectivity index (χ2v) is 11.5. The molecule has 1 aliphatic heterocycles. The van der Waals surface area contributed by atoms with Crippen molar-refractivity contribution in [2.45, 2.75) is 37.5 Å². The lowest BCUT2D eigenvalue weighted by atomic mass is 9.66. The summed E-state index contributed by atoms with van der Waals surface area (Å²) in [5.74, 6) is 1.22. The van der Waals surface area contributed by atoms with E-state index in [4.69, 9.17) is 11.6 Å². The van der Waals surface area contributed by atoms with E-state index in [2.05, 4.69) is 10.3 Å². The Labute approximate surface area is 187 Å². The zero-order chi connectivity index (χ0) is 21.8. The standard InChI is InChI=1S/C22H25ClFN3O3S/c23-15-9-16(24)11-17(10-15)26-21-20-14-3-1-13(2-4-14)19(20)18(12-25-21)22(28)27-5-7-31(29,30)8-6-27/h9-14,29-30H,1-8H2,(H,25,26). The number of nitrogens with zero attached hydrogens (tertiary/aromatic N) is 2. The second kappa shape index (κ2) is 7.92. The first kappa shape index (κ1) is 21.0. The van der Waals surface area contributed by atoms with E-state index in [0.29, 0.717) is 47.0 Å². The van der Waals surface area contributed by atoms with Gasteiger partial charge in [-0.05, 0) is 61.3 Å². The molecule has 6 nitrogen and oxygen atoms in total. The minimum absolute atomic E-state index is 0.0912. The Morgan fingerprint density at radius 1 is 1.10 bits per heavy atom. The molecule has 3 N–H and O–H groups in total. The second-order valence-electron chi connectivity index (χ2n) is 8.68. The maximum absolute atomic E-state index is 13.8. The Morgan fingerprint density at radius 3 is 2.39 bits per heavy atom. The van der Waals surface area contributed by atoms with Gasteiger partial charge >= 0.3 is 0 Å². The molecule has 3 aliphatic carbocycles. The number of nitrogens with one attached hydrogen (secondary N) is 1. The van der Waals surface area contributed by atoms with Crippen molar-refractivity contribution in [1.82, 2.24) is 9.88 Å². The molecule has 1 saturated heterocycles. The quantitative estimate of drug-likeness (QED) is 0.551. The molecule has 0 unspecified atom stereocenters. The van der Waals surface area contributed by atoms with Gasteiger partial charge in [-0.15, -0.1) is 0 Å². The molecule has 31 heavy (non-hydrogen) atoms. The number of aromatic nitrogens is 1. The van der Waals surface area contributed by atoms with E-state index in [0.717, 1.165) is 36.8 Å². The van der Waals surface area contributed by atoms with E-state index in [1.54, 1.807) is 17.2 Å². The van der Waals surface area contributed by atoms with Crippen molar-refractivity contribution >= 4 is 39.6 Å². The van der Waals surface area contributed by atoms with E-state index in [1.165, 1.54) is 12.1 Å². The van der Waals surface area contributed by atoms with Gasteiger partial charge in [-0.1, -0.05) is 11.6 Å². The monoisotopic (exact) mass is 465 g/mol. The summed E-state index contributed by atoms with van der Waals surface area (Å²) in [6, 6.07) is 4.30. The van der Waals surface area contributed by atoms with Gasteiger partial charge in [0.15, 0.2) is 0 Å². The summed E-state index contributed by atoms with van der Waals surface area (Å²) in [4.78, 5) is 19.7. The molecule has 1 amide bonds. The SMILES string of the molecule is O=C(c1cnc(Nc2cc(F)cc(Cl)c2)c2c1C1CCC2CC1)N1CCS(O)(O)CC1. The number of benzene rings is 1. The van der Waals surface area contributed by atoms with E-state index >= 15 is 0 Å². The number of hydrogen-bond acceptors (Lipinski definition) is 5. The first-order valence-electron chi connectivity index (χ1n) is 10.6. The Hall–Kier alpha value is -1.87. The average Bonchev–Trinajstić information content (AvgIpc) is 2.73. The Balaban J connectivity index is 1.51. The van der Waals surface area contributed by atoms with E-state index in [1.807, 2.05) is 0 Å². The first-order valence-corrected chi connectivity index (χ1v) is 12.9. The lowest BCUT2D eigenvalue weighted by Crippen LogP contribution is -2.43. The van der Waals surface area contributed by atoms with Crippen LogP contribution >= 0.6 is 22.2 Å². The van der Waals surface area contributed by atoms with Gasteiger partial charge in [0.2, 0.25) is 0 Å². The molecule has 166 valence electrons. The lowest BCUT2D eigenvalue weighted by molar-refractivity contribution is 0.0764. The summed E-state index contributed by atoms with van der Waals surface area (Å²) < 4.78 is 33.6. The van der Waals surface area contributed by atoms with E-state index < -0.39 is 16.4 Å². The fraction of sp³-hybridized carbons (Fsp3) is 0.455. The van der Waals surface area contributed by atoms with Gasteiger partial charge in [0.25, 0.3) is 5.91 Å². The van der Waals surface area contributed by atoms with Crippen molar-refractivity contribution in [3.63, 3.8) is 0 Å². The summed E-state index contributed by atoms with van der Waals surface area (Å²) in [5.41, 5.74) is 3.27. The molecule has 2 fully saturated rings. The molecule has 9 heteroatoms. The molecular weight excluding hydrogens is 441 g/mol. The number of pyridine rings is 1. The van der Waals surface area contributed by atoms with Gasteiger partial charge in [-0.2, -0.15) is 10.6 Å². The molecule has 1 saturated carbocycles. The normalized spacial score (nSPS) is 25.1. The number of rotatable bonds is 3. The zero-order valence-corrected chi connectivity index (χ0v) is 18.6. The van der Waals surface area contributed by atoms with Gasteiger partial charge in [0.05, 0.1) is 17.1 Å². The number of hydrogen-bond donors (Lipinski definition) is 3. The topological polar surface area (TPSA) is 85.7 Å². The van der Waals surface area contributed by atoms with E-state index in [-0.39, 0.29) is 17.4 Å². The number of amides is 1. The average molecular weight is 466 g/mol. The highest BCUT2D eigenvalue weighted by Crippen LogP contribution is 2.53. The van der Waals surface area contributed by atoms with Gasteiger partial charge in [-0.3, -0.25) is 13.9 Å². The molecule has 2 aromatic rings. The lowest BCUT2D eigenvalue weighted by Gasteiger charge is -2.43. The summed E-state index contributed by atoms with van der Waals surface area (Å²) in [6.45, 7) is 0.678. The predicted molar refractivity (Wildman–Crippen MR) is 121 cm³/mol. The fourth-order valence-electron chi connectivity index (χ4n) is 5.20. The van der Waals surface area contributed by atoms with Gasteiger partial charge in [-0.25, -0.2) is 9.37 Å². The summed E-state index contributed by atoms with van der Waals surface area (Å²) in [5, 5.41) is 3.54. The van der Waals surface area contributed by atoms with Crippen LogP contribution in [0.5, 0.6) is 0 Å². The van der Waals surface area contributed by atoms with Crippen LogP contribution < -0.4 is 5.32 Å². The van der Waals surface area contributed by atoms with Crippen molar-refractivity contribution in [3.8, 4) is 0 Å². The fourth-order valence-corrected chi connectivity index (χ4v) is 6.65. The molecule has 1 aromatic heterocycles. The summed E-state index contributed by atoms with van der Waals surface area (Å²) >= 11 is 6.01. The smallest absolute Gasteiger partial charge is 0.255 e. The van der Waals surface area contributed by atoms with Crippen LogP contribution in [0, 0.1) is 5.82 Å². The summed E-state index contributed by atoms with van der Waals surface area (Å²) in [6.07, 6.45) is 5.83. The number of halogens is 2. The van der Waals surface area contributed by atoms with Crippen LogP contribution in [0.15, 0.2) is 24.4 Å². The van der Waals surface area contributed by atoms with Crippen LogP contribution in [-0.2, 0) is 0 Å². The Morgan fingerprint density at radius 2 is 1.74 bits per heavy atom. The molecule has 0 atom stereocenters. The molecule has 1 aromatic carbocycles. The third kappa shape index (κ3) is 4.02. The van der Waals surface area contributed by atoms with Crippen molar-refractivity contribution in [2.75, 3.05) is 29.9 Å². The highest BCUT2D eigenvalue weighted by Gasteiger charge is 2.39. The molecule has 6 rings (SSSR count). The number of carbonyl (C=O) groups is 1. The number of anilines is 2. The molecule has 2 bridgehead atoms. The van der Waals surface area contributed by atoms with Crippen LogP contribution in [0.1, 0.15) is 59.0 Å². The van der Waals surface area contributed by atoms with Gasteiger partial charge < -0.3 is 10.2 Å². The van der Waals surface area contributed by atoms with Crippen LogP contribution in [0.2, 0.25) is 5.02 Å². The maximum Gasteiger partial charge on any atom is 0.255 e. The Bertz CT molecular complexity index is 1010. The zero-order valence-electron chi connectivity index (χ0n) is 17.0. The molecule has 2 heterocycles. The highest BCUT2D eigenvalue weighted by atomic mass is 35.5. The Kier molecular flexibility index (Phi) is 5.37. The van der Waals surface area contributed by atoms with Crippen LogP contribution in [0.4, 0.5) is 15.9 Å². The van der Waals surface area contributed by atoms with Crippen molar-refractivity contribution in [3.05, 3.63) is 51.9 Å². The first-order chi connectivity index (χ1) is 14.8. The molecule has 4 aliphatic rings. The third-order valence-electron chi connectivity index (χ3n) is 6.72. The van der Waals surface area contributed by atoms with Crippen LogP contribution in [-0.4, -0.2) is 49.5 Å².